The van der Waals surface area contributed by atoms with Gasteiger partial charge in [-0.05, 0) is 78.4 Å². The Morgan fingerprint density at radius 1 is 0.886 bits per heavy atom. The molecule has 2 aliphatic rings. The van der Waals surface area contributed by atoms with Gasteiger partial charge in [0.15, 0.2) is 35.7 Å². The largest absolute Gasteiger partial charge is 1.00 e. The Labute approximate surface area is 273 Å². The van der Waals surface area contributed by atoms with Crippen LogP contribution in [-0.2, 0) is 30.5 Å². The van der Waals surface area contributed by atoms with Crippen molar-refractivity contribution in [1.82, 2.24) is 0 Å². The second kappa shape index (κ2) is 12.5. The molecule has 5 aromatic rings. The molecule has 8 heteroatoms. The molecule has 0 radical (unpaired) electrons. The zero-order valence-electron chi connectivity index (χ0n) is 25.1. The number of pyridine rings is 1. The first-order chi connectivity index (χ1) is 21.1. The fraction of sp³-hybridized carbons (Fsp3) is 0.278. The minimum absolute atomic E-state index is 0. The number of carbonyl (C=O) groups excluding carboxylic acids is 1. The van der Waals surface area contributed by atoms with Crippen molar-refractivity contribution in [3.63, 3.8) is 0 Å². The monoisotopic (exact) mass is 703 g/mol. The van der Waals surface area contributed by atoms with Gasteiger partial charge in [0.25, 0.3) is 0 Å². The molecule has 226 valence electrons. The van der Waals surface area contributed by atoms with Crippen molar-refractivity contribution in [3.05, 3.63) is 89.1 Å². The second-order valence-electron chi connectivity index (χ2n) is 10.9. The number of rotatable bonds is 8. The average molecular weight is 704 g/mol. The summed E-state index contributed by atoms with van der Waals surface area (Å²) in [5.41, 5.74) is 6.76. The predicted molar refractivity (Wildman–Crippen MR) is 164 cm³/mol. The molecule has 0 amide bonds. The topological polar surface area (TPSA) is 67.1 Å². The molecule has 0 spiro atoms. The van der Waals surface area contributed by atoms with Crippen LogP contribution in [0.4, 0.5) is 0 Å². The molecule has 0 unspecified atom stereocenters. The third-order valence-electron chi connectivity index (χ3n) is 8.63. The molecule has 0 atom stereocenters. The van der Waals surface area contributed by atoms with Gasteiger partial charge in [0.05, 0.1) is 37.3 Å². The van der Waals surface area contributed by atoms with Crippen molar-refractivity contribution in [3.8, 4) is 34.3 Å². The smallest absolute Gasteiger partial charge is 0.338 e. The van der Waals surface area contributed by atoms with E-state index in [0.29, 0.717) is 17.9 Å². The number of hydrogen-bond donors (Lipinski definition) is 0. The van der Waals surface area contributed by atoms with Crippen molar-refractivity contribution in [1.29, 1.82) is 0 Å². The van der Waals surface area contributed by atoms with E-state index < -0.39 is 0 Å². The summed E-state index contributed by atoms with van der Waals surface area (Å²) >= 11 is 0. The number of aromatic nitrogens is 1. The standard InChI is InChI=1S/C36H34NO6.HI/c1-4-41-36(38)28-13-12-22(24-9-5-6-10-25(24)28)8-7-11-27-26-14-15-31(39-2)35(40-3)30(26)20-37-17-16-23-18-32-33(43-21-42-32)19-29(23)34(27)37;/h5-6,9-10,12-15,18-20H,4,7-8,11,16-17,21H2,1-3H3;1H/q+1;/p-1. The number of aryl methyl sites for hydroxylation is 4. The Morgan fingerprint density at radius 3 is 2.45 bits per heavy atom. The number of esters is 1. The summed E-state index contributed by atoms with van der Waals surface area (Å²) in [6, 6.07) is 20.5. The lowest BCUT2D eigenvalue weighted by Crippen LogP contribution is -3.00. The van der Waals surface area contributed by atoms with E-state index in [2.05, 4.69) is 41.1 Å². The first kappa shape index (κ1) is 30.0. The molecule has 0 N–H and O–H groups in total. The third kappa shape index (κ3) is 5.08. The maximum atomic E-state index is 12.6. The summed E-state index contributed by atoms with van der Waals surface area (Å²) in [7, 11) is 3.37. The molecule has 7 rings (SSSR count). The van der Waals surface area contributed by atoms with Crippen LogP contribution in [0.1, 0.15) is 40.4 Å². The Morgan fingerprint density at radius 2 is 1.68 bits per heavy atom. The minimum atomic E-state index is -0.284. The fourth-order valence-corrected chi connectivity index (χ4v) is 6.68. The van der Waals surface area contributed by atoms with Gasteiger partial charge >= 0.3 is 5.97 Å². The average Bonchev–Trinajstić information content (AvgIpc) is 3.50. The summed E-state index contributed by atoms with van der Waals surface area (Å²) in [6.07, 6.45) is 5.73. The van der Waals surface area contributed by atoms with Crippen LogP contribution in [0.3, 0.4) is 0 Å². The highest BCUT2D eigenvalue weighted by Crippen LogP contribution is 2.44. The van der Waals surface area contributed by atoms with Crippen LogP contribution in [-0.4, -0.2) is 33.6 Å². The van der Waals surface area contributed by atoms with Gasteiger partial charge in [0.2, 0.25) is 12.5 Å². The highest BCUT2D eigenvalue weighted by molar-refractivity contribution is 6.05. The summed E-state index contributed by atoms with van der Waals surface area (Å²) in [5, 5.41) is 4.20. The molecule has 0 fully saturated rings. The first-order valence-corrected chi connectivity index (χ1v) is 14.8. The van der Waals surface area contributed by atoms with Gasteiger partial charge < -0.3 is 47.7 Å². The second-order valence-corrected chi connectivity index (χ2v) is 10.9. The van der Waals surface area contributed by atoms with Crippen molar-refractivity contribution in [2.45, 2.75) is 39.2 Å². The van der Waals surface area contributed by atoms with Crippen LogP contribution in [0, 0.1) is 0 Å². The van der Waals surface area contributed by atoms with Crippen molar-refractivity contribution >= 4 is 27.5 Å². The number of carbonyl (C=O) groups is 1. The molecule has 0 saturated heterocycles. The van der Waals surface area contributed by atoms with E-state index in [-0.39, 0.29) is 36.7 Å². The summed E-state index contributed by atoms with van der Waals surface area (Å²) < 4.78 is 30.7. The third-order valence-corrected chi connectivity index (χ3v) is 8.63. The molecule has 0 saturated carbocycles. The molecule has 4 aromatic carbocycles. The molecule has 7 nitrogen and oxygen atoms in total. The lowest BCUT2D eigenvalue weighted by atomic mass is 9.88. The zero-order chi connectivity index (χ0) is 29.5. The summed E-state index contributed by atoms with van der Waals surface area (Å²) in [5.74, 6) is 2.79. The zero-order valence-corrected chi connectivity index (χ0v) is 27.2. The van der Waals surface area contributed by atoms with Crippen LogP contribution in [0.2, 0.25) is 0 Å². The van der Waals surface area contributed by atoms with Gasteiger partial charge in [0.1, 0.15) is 0 Å². The maximum absolute atomic E-state index is 12.6. The van der Waals surface area contributed by atoms with Gasteiger partial charge in [-0.1, -0.05) is 30.3 Å². The number of methoxy groups -OCH3 is 2. The van der Waals surface area contributed by atoms with Gasteiger partial charge in [-0.3, -0.25) is 0 Å². The number of hydrogen-bond acceptors (Lipinski definition) is 6. The Kier molecular flexibility index (Phi) is 8.53. The van der Waals surface area contributed by atoms with Crippen LogP contribution in [0.25, 0.3) is 32.8 Å². The quantitative estimate of drug-likeness (QED) is 0.140. The number of ether oxygens (including phenoxy) is 5. The van der Waals surface area contributed by atoms with E-state index in [9.17, 15) is 4.79 Å². The lowest BCUT2D eigenvalue weighted by Gasteiger charge is -2.21. The molecule has 1 aromatic heterocycles. The molecular weight excluding hydrogens is 669 g/mol. The van der Waals surface area contributed by atoms with E-state index >= 15 is 0 Å². The van der Waals surface area contributed by atoms with Crippen LogP contribution in [0.15, 0.2) is 66.9 Å². The fourth-order valence-electron chi connectivity index (χ4n) is 6.68. The van der Waals surface area contributed by atoms with E-state index in [1.165, 1.54) is 27.9 Å². The number of benzene rings is 4. The van der Waals surface area contributed by atoms with Crippen molar-refractivity contribution in [2.75, 3.05) is 27.6 Å². The predicted octanol–water partition coefficient (Wildman–Crippen LogP) is 3.61. The normalized spacial score (nSPS) is 12.8. The van der Waals surface area contributed by atoms with Gasteiger partial charge in [0, 0.05) is 17.4 Å². The Bertz CT molecular complexity index is 1900. The maximum Gasteiger partial charge on any atom is 0.338 e. The molecular formula is C36H34INO6. The molecule has 0 bridgehead atoms. The van der Waals surface area contributed by atoms with E-state index in [1.54, 1.807) is 14.2 Å². The lowest BCUT2D eigenvalue weighted by molar-refractivity contribution is -0.686. The number of nitrogens with zero attached hydrogens (tertiary/aromatic N) is 1. The molecule has 0 aliphatic carbocycles. The SMILES string of the molecule is CCOC(=O)c1ccc(CCCc2c3[n+](cc4c(OC)c(OC)ccc24)CCc2cc4c(cc2-3)OCO4)c2ccccc12.[I-]. The summed E-state index contributed by atoms with van der Waals surface area (Å²) in [4.78, 5) is 12.6. The highest BCUT2D eigenvalue weighted by atomic mass is 127. The molecule has 2 aliphatic heterocycles. The number of halogens is 1. The molecule has 3 heterocycles. The Balaban J connectivity index is 0.00000343. The van der Waals surface area contributed by atoms with Gasteiger partial charge in [-0.2, -0.15) is 4.57 Å². The highest BCUT2D eigenvalue weighted by Gasteiger charge is 2.32. The van der Waals surface area contributed by atoms with Gasteiger partial charge in [-0.15, -0.1) is 0 Å². The first-order valence-electron chi connectivity index (χ1n) is 14.8. The van der Waals surface area contributed by atoms with Crippen LogP contribution >= 0.6 is 0 Å². The van der Waals surface area contributed by atoms with Crippen LogP contribution in [0.5, 0.6) is 23.0 Å². The minimum Gasteiger partial charge on any atom is -1.00 e. The van der Waals surface area contributed by atoms with Crippen LogP contribution < -0.4 is 47.5 Å². The van der Waals surface area contributed by atoms with Crippen molar-refractivity contribution < 1.29 is 57.0 Å². The number of fused-ring (bicyclic) bond motifs is 6. The Hall–Kier alpha value is -4.05. The summed E-state index contributed by atoms with van der Waals surface area (Å²) in [6.45, 7) is 3.29. The van der Waals surface area contributed by atoms with E-state index in [1.807, 2.05) is 37.3 Å². The van der Waals surface area contributed by atoms with Gasteiger partial charge in [-0.25, -0.2) is 4.79 Å². The van der Waals surface area contributed by atoms with E-state index in [0.717, 1.165) is 71.0 Å². The van der Waals surface area contributed by atoms with E-state index in [4.69, 9.17) is 23.7 Å². The molecule has 44 heavy (non-hydrogen) atoms. The van der Waals surface area contributed by atoms with Crippen molar-refractivity contribution in [2.24, 2.45) is 0 Å².